The fraction of sp³-hybridized carbons (Fsp3) is 0.455. The molecule has 2 N–H and O–H groups in total. The van der Waals surface area contributed by atoms with E-state index in [0.29, 0.717) is 0 Å². The van der Waals surface area contributed by atoms with E-state index in [9.17, 15) is 0 Å². The van der Waals surface area contributed by atoms with Gasteiger partial charge in [-0.2, -0.15) is 11.8 Å². The Morgan fingerprint density at radius 3 is 2.80 bits per heavy atom. The van der Waals surface area contributed by atoms with Crippen molar-refractivity contribution in [3.8, 4) is 0 Å². The zero-order valence-electron chi connectivity index (χ0n) is 8.83. The summed E-state index contributed by atoms with van der Waals surface area (Å²) in [4.78, 5) is 1.13. The molecular weight excluding hydrogens is 246 g/mol. The highest BCUT2D eigenvalue weighted by Crippen LogP contribution is 2.29. The standard InChI is InChI=1S/C11H16ClNS2/c1-2-14-6-3-7-15-11-5-4-9(13)8-10(11)12/h4-5,8H,2-3,6-7,13H2,1H3. The topological polar surface area (TPSA) is 26.0 Å². The highest BCUT2D eigenvalue weighted by atomic mass is 35.5. The van der Waals surface area contributed by atoms with E-state index < -0.39 is 0 Å². The molecule has 0 radical (unpaired) electrons. The fourth-order valence-electron chi connectivity index (χ4n) is 1.12. The number of hydrogen-bond acceptors (Lipinski definition) is 3. The van der Waals surface area contributed by atoms with Crippen LogP contribution in [-0.4, -0.2) is 17.3 Å². The Balaban J connectivity index is 2.31. The molecule has 4 heteroatoms. The summed E-state index contributed by atoms with van der Waals surface area (Å²) in [6.45, 7) is 2.19. The lowest BCUT2D eigenvalue weighted by Crippen LogP contribution is -1.87. The van der Waals surface area contributed by atoms with E-state index in [1.165, 1.54) is 17.9 Å². The van der Waals surface area contributed by atoms with Gasteiger partial charge in [-0.15, -0.1) is 11.8 Å². The quantitative estimate of drug-likeness (QED) is 0.473. The van der Waals surface area contributed by atoms with Gasteiger partial charge in [0.05, 0.1) is 5.02 Å². The van der Waals surface area contributed by atoms with Gasteiger partial charge in [0.1, 0.15) is 0 Å². The van der Waals surface area contributed by atoms with Gasteiger partial charge in [0.2, 0.25) is 0 Å². The summed E-state index contributed by atoms with van der Waals surface area (Å²) in [5, 5.41) is 0.767. The number of halogens is 1. The van der Waals surface area contributed by atoms with Gasteiger partial charge in [-0.25, -0.2) is 0 Å². The monoisotopic (exact) mass is 261 g/mol. The molecule has 0 bridgehead atoms. The van der Waals surface area contributed by atoms with Crippen LogP contribution in [0, 0.1) is 0 Å². The maximum absolute atomic E-state index is 6.06. The molecule has 0 saturated heterocycles. The molecule has 84 valence electrons. The molecule has 0 saturated carbocycles. The second-order valence-corrected chi connectivity index (χ2v) is 6.03. The van der Waals surface area contributed by atoms with Gasteiger partial charge in [0.15, 0.2) is 0 Å². The van der Waals surface area contributed by atoms with Crippen LogP contribution >= 0.6 is 35.1 Å². The van der Waals surface area contributed by atoms with Crippen molar-refractivity contribution >= 4 is 40.8 Å². The maximum atomic E-state index is 6.06. The van der Waals surface area contributed by atoms with Crippen LogP contribution in [-0.2, 0) is 0 Å². The first-order valence-corrected chi connectivity index (χ1v) is 7.51. The summed E-state index contributed by atoms with van der Waals surface area (Å²) >= 11 is 9.85. The Bertz CT molecular complexity index is 305. The molecule has 0 unspecified atom stereocenters. The lowest BCUT2D eigenvalue weighted by molar-refractivity contribution is 1.12. The number of anilines is 1. The number of rotatable bonds is 6. The molecule has 0 aromatic heterocycles. The van der Waals surface area contributed by atoms with Gasteiger partial charge in [-0.05, 0) is 41.9 Å². The van der Waals surface area contributed by atoms with Crippen LogP contribution in [0.2, 0.25) is 5.02 Å². The third kappa shape index (κ3) is 5.05. The molecule has 1 aromatic rings. The minimum absolute atomic E-state index is 0.728. The molecule has 1 rings (SSSR count). The zero-order valence-corrected chi connectivity index (χ0v) is 11.2. The summed E-state index contributed by atoms with van der Waals surface area (Å²) in [6, 6.07) is 5.70. The molecule has 1 nitrogen and oxygen atoms in total. The minimum Gasteiger partial charge on any atom is -0.399 e. The van der Waals surface area contributed by atoms with Crippen LogP contribution in [0.4, 0.5) is 5.69 Å². The van der Waals surface area contributed by atoms with Gasteiger partial charge in [0, 0.05) is 10.6 Å². The fourth-order valence-corrected chi connectivity index (χ4v) is 3.16. The Kier molecular flexibility index (Phi) is 6.37. The largest absolute Gasteiger partial charge is 0.399 e. The maximum Gasteiger partial charge on any atom is 0.0562 e. The number of hydrogen-bond donors (Lipinski definition) is 1. The zero-order chi connectivity index (χ0) is 11.1. The van der Waals surface area contributed by atoms with Crippen molar-refractivity contribution in [2.24, 2.45) is 0 Å². The van der Waals surface area contributed by atoms with Gasteiger partial charge < -0.3 is 5.73 Å². The predicted molar refractivity (Wildman–Crippen MR) is 74.2 cm³/mol. The van der Waals surface area contributed by atoms with Crippen LogP contribution in [0.15, 0.2) is 23.1 Å². The molecule has 0 heterocycles. The van der Waals surface area contributed by atoms with E-state index in [0.717, 1.165) is 21.4 Å². The molecular formula is C11H16ClNS2. The summed E-state index contributed by atoms with van der Waals surface area (Å²) in [6.07, 6.45) is 1.23. The summed E-state index contributed by atoms with van der Waals surface area (Å²) in [7, 11) is 0. The lowest BCUT2D eigenvalue weighted by Gasteiger charge is -2.04. The Morgan fingerprint density at radius 1 is 1.33 bits per heavy atom. The van der Waals surface area contributed by atoms with Crippen molar-refractivity contribution in [1.82, 2.24) is 0 Å². The van der Waals surface area contributed by atoms with Gasteiger partial charge in [-0.1, -0.05) is 18.5 Å². The van der Waals surface area contributed by atoms with E-state index in [4.69, 9.17) is 17.3 Å². The second kappa shape index (κ2) is 7.31. The second-order valence-electron chi connectivity index (χ2n) is 3.09. The van der Waals surface area contributed by atoms with E-state index in [2.05, 4.69) is 6.92 Å². The van der Waals surface area contributed by atoms with Crippen LogP contribution in [0.25, 0.3) is 0 Å². The number of nitrogen functional groups attached to an aromatic ring is 1. The molecule has 0 fully saturated rings. The van der Waals surface area contributed by atoms with Gasteiger partial charge >= 0.3 is 0 Å². The van der Waals surface area contributed by atoms with E-state index in [1.54, 1.807) is 11.8 Å². The van der Waals surface area contributed by atoms with Crippen molar-refractivity contribution in [3.05, 3.63) is 23.2 Å². The van der Waals surface area contributed by atoms with Crippen molar-refractivity contribution in [2.75, 3.05) is 23.0 Å². The summed E-state index contributed by atoms with van der Waals surface area (Å²) in [5.41, 5.74) is 6.35. The average molecular weight is 262 g/mol. The molecule has 0 spiro atoms. The summed E-state index contributed by atoms with van der Waals surface area (Å²) < 4.78 is 0. The van der Waals surface area contributed by atoms with E-state index in [-0.39, 0.29) is 0 Å². The van der Waals surface area contributed by atoms with Crippen LogP contribution < -0.4 is 5.73 Å². The third-order valence-corrected chi connectivity index (χ3v) is 4.42. The molecule has 0 aliphatic carbocycles. The molecule has 1 aromatic carbocycles. The molecule has 0 atom stereocenters. The van der Waals surface area contributed by atoms with Gasteiger partial charge in [-0.3, -0.25) is 0 Å². The Morgan fingerprint density at radius 2 is 2.13 bits per heavy atom. The van der Waals surface area contributed by atoms with Crippen molar-refractivity contribution in [2.45, 2.75) is 18.2 Å². The van der Waals surface area contributed by atoms with E-state index in [1.807, 2.05) is 30.0 Å². The number of benzene rings is 1. The Labute approximate surface area is 105 Å². The first-order chi connectivity index (χ1) is 7.24. The average Bonchev–Trinajstić information content (AvgIpc) is 2.20. The smallest absolute Gasteiger partial charge is 0.0562 e. The van der Waals surface area contributed by atoms with Crippen molar-refractivity contribution in [1.29, 1.82) is 0 Å². The van der Waals surface area contributed by atoms with Crippen LogP contribution in [0.3, 0.4) is 0 Å². The van der Waals surface area contributed by atoms with Crippen LogP contribution in [0.1, 0.15) is 13.3 Å². The minimum atomic E-state index is 0.728. The highest BCUT2D eigenvalue weighted by molar-refractivity contribution is 8.00. The summed E-state index contributed by atoms with van der Waals surface area (Å²) in [5.74, 6) is 3.56. The van der Waals surface area contributed by atoms with E-state index >= 15 is 0 Å². The van der Waals surface area contributed by atoms with Crippen molar-refractivity contribution < 1.29 is 0 Å². The van der Waals surface area contributed by atoms with Crippen molar-refractivity contribution in [3.63, 3.8) is 0 Å². The molecule has 0 aliphatic heterocycles. The number of nitrogens with two attached hydrogens (primary N) is 1. The lowest BCUT2D eigenvalue weighted by atomic mass is 10.3. The molecule has 0 aliphatic rings. The van der Waals surface area contributed by atoms with Crippen LogP contribution in [0.5, 0.6) is 0 Å². The third-order valence-electron chi connectivity index (χ3n) is 1.85. The number of thioether (sulfide) groups is 2. The van der Waals surface area contributed by atoms with Gasteiger partial charge in [0.25, 0.3) is 0 Å². The molecule has 15 heavy (non-hydrogen) atoms. The highest BCUT2D eigenvalue weighted by Gasteiger charge is 2.00. The Hall–Kier alpha value is 0.01000. The normalized spacial score (nSPS) is 10.5. The molecule has 0 amide bonds. The predicted octanol–water partition coefficient (Wildman–Crippen LogP) is 4.16. The first kappa shape index (κ1) is 13.1. The first-order valence-electron chi connectivity index (χ1n) is 4.99. The SMILES string of the molecule is CCSCCCSc1ccc(N)cc1Cl.